The van der Waals surface area contributed by atoms with E-state index in [1.807, 2.05) is 11.3 Å². The molecule has 3 heteroatoms. The highest BCUT2D eigenvalue weighted by Gasteiger charge is 2.19. The number of nitrogens with zero attached hydrogens (tertiary/aromatic N) is 1. The van der Waals surface area contributed by atoms with Crippen LogP contribution in [-0.4, -0.2) is 11.5 Å². The smallest absolute Gasteiger partial charge is 0.110 e. The van der Waals surface area contributed by atoms with Crippen molar-refractivity contribution in [2.75, 3.05) is 6.54 Å². The highest BCUT2D eigenvalue weighted by molar-refractivity contribution is 7.11. The van der Waals surface area contributed by atoms with Crippen LogP contribution in [0.4, 0.5) is 0 Å². The van der Waals surface area contributed by atoms with Gasteiger partial charge in [0.1, 0.15) is 5.01 Å². The number of rotatable bonds is 4. The number of aryl methyl sites for hydroxylation is 2. The fraction of sp³-hybridized carbons (Fsp3) is 0.750. The third kappa shape index (κ3) is 2.58. The zero-order valence-corrected chi connectivity index (χ0v) is 10.7. The summed E-state index contributed by atoms with van der Waals surface area (Å²) >= 11 is 1.91. The van der Waals surface area contributed by atoms with Crippen LogP contribution in [0.3, 0.4) is 0 Å². The molecular weight excluding hydrogens is 204 g/mol. The van der Waals surface area contributed by atoms with Crippen LogP contribution in [0.25, 0.3) is 0 Å². The van der Waals surface area contributed by atoms with Crippen LogP contribution in [0.5, 0.6) is 0 Å². The van der Waals surface area contributed by atoms with Gasteiger partial charge in [-0.25, -0.2) is 4.98 Å². The van der Waals surface area contributed by atoms with E-state index in [2.05, 4.69) is 26.1 Å². The zero-order chi connectivity index (χ0) is 10.8. The molecule has 15 heavy (non-hydrogen) atoms. The molecule has 0 amide bonds. The molecular formula is C12H20N2S. The molecule has 2 rings (SSSR count). The van der Waals surface area contributed by atoms with Crippen molar-refractivity contribution in [3.05, 3.63) is 15.6 Å². The molecule has 1 N–H and O–H groups in total. The van der Waals surface area contributed by atoms with Crippen molar-refractivity contribution in [2.24, 2.45) is 5.92 Å². The van der Waals surface area contributed by atoms with E-state index in [0.29, 0.717) is 12.0 Å². The Morgan fingerprint density at radius 1 is 1.33 bits per heavy atom. The lowest BCUT2D eigenvalue weighted by molar-refractivity contribution is 0.494. The van der Waals surface area contributed by atoms with E-state index in [4.69, 9.17) is 4.98 Å². The Kier molecular flexibility index (Phi) is 3.42. The number of nitrogens with one attached hydrogen (secondary N) is 1. The van der Waals surface area contributed by atoms with Gasteiger partial charge in [-0.05, 0) is 38.6 Å². The number of hydrogen-bond donors (Lipinski definition) is 1. The Morgan fingerprint density at radius 2 is 2.13 bits per heavy atom. The molecule has 0 saturated heterocycles. The molecule has 0 saturated carbocycles. The third-order valence-corrected chi connectivity index (χ3v) is 4.16. The van der Waals surface area contributed by atoms with Crippen LogP contribution in [0.15, 0.2) is 0 Å². The second-order valence-corrected chi connectivity index (χ2v) is 5.91. The average Bonchev–Trinajstić information content (AvgIpc) is 2.72. The van der Waals surface area contributed by atoms with E-state index in [1.54, 1.807) is 0 Å². The number of fused-ring (bicyclic) bond motifs is 1. The average molecular weight is 224 g/mol. The molecule has 0 bridgehead atoms. The molecule has 1 atom stereocenters. The van der Waals surface area contributed by atoms with Crippen LogP contribution in [-0.2, 0) is 12.8 Å². The van der Waals surface area contributed by atoms with Crippen molar-refractivity contribution >= 4 is 11.3 Å². The summed E-state index contributed by atoms with van der Waals surface area (Å²) in [4.78, 5) is 6.26. The molecule has 0 aromatic carbocycles. The second kappa shape index (κ2) is 4.62. The van der Waals surface area contributed by atoms with Crippen LogP contribution < -0.4 is 5.32 Å². The maximum atomic E-state index is 4.72. The van der Waals surface area contributed by atoms with Crippen LogP contribution in [0, 0.1) is 5.92 Å². The summed E-state index contributed by atoms with van der Waals surface area (Å²) in [7, 11) is 0. The standard InChI is InChI=1S/C12H20N2S/c1-8(2)7-13-9(3)12-14-10-5-4-6-11(10)15-12/h8-9,13H,4-7H2,1-3H3. The van der Waals surface area contributed by atoms with Gasteiger partial charge in [0.05, 0.1) is 11.7 Å². The van der Waals surface area contributed by atoms with Gasteiger partial charge in [0.15, 0.2) is 0 Å². The normalized spacial score (nSPS) is 17.1. The number of thiazole rings is 1. The monoisotopic (exact) mass is 224 g/mol. The molecule has 1 aliphatic carbocycles. The van der Waals surface area contributed by atoms with Gasteiger partial charge in [0, 0.05) is 4.88 Å². The first-order valence-corrected chi connectivity index (χ1v) is 6.70. The first-order chi connectivity index (χ1) is 7.16. The van der Waals surface area contributed by atoms with Crippen molar-refractivity contribution in [2.45, 2.75) is 46.1 Å². The first-order valence-electron chi connectivity index (χ1n) is 5.88. The summed E-state index contributed by atoms with van der Waals surface area (Å²) in [5.41, 5.74) is 1.37. The quantitative estimate of drug-likeness (QED) is 0.850. The van der Waals surface area contributed by atoms with Gasteiger partial charge < -0.3 is 5.32 Å². The first kappa shape index (κ1) is 11.1. The van der Waals surface area contributed by atoms with Gasteiger partial charge >= 0.3 is 0 Å². The summed E-state index contributed by atoms with van der Waals surface area (Å²) < 4.78 is 0. The summed E-state index contributed by atoms with van der Waals surface area (Å²) in [6.07, 6.45) is 3.76. The van der Waals surface area contributed by atoms with Crippen LogP contribution in [0.1, 0.15) is 48.8 Å². The van der Waals surface area contributed by atoms with Gasteiger partial charge in [-0.15, -0.1) is 11.3 Å². The van der Waals surface area contributed by atoms with Crippen molar-refractivity contribution < 1.29 is 0 Å². The van der Waals surface area contributed by atoms with Crippen LogP contribution in [0.2, 0.25) is 0 Å². The highest BCUT2D eigenvalue weighted by Crippen LogP contribution is 2.30. The fourth-order valence-electron chi connectivity index (χ4n) is 1.90. The van der Waals surface area contributed by atoms with Crippen LogP contribution >= 0.6 is 11.3 Å². The van der Waals surface area contributed by atoms with E-state index >= 15 is 0 Å². The third-order valence-electron chi connectivity index (χ3n) is 2.81. The fourth-order valence-corrected chi connectivity index (χ4v) is 3.08. The molecule has 1 aliphatic rings. The van der Waals surface area contributed by atoms with Crippen molar-refractivity contribution in [1.82, 2.24) is 10.3 Å². The van der Waals surface area contributed by atoms with Gasteiger partial charge in [-0.3, -0.25) is 0 Å². The minimum Gasteiger partial charge on any atom is -0.308 e. The van der Waals surface area contributed by atoms with Crippen molar-refractivity contribution in [3.8, 4) is 0 Å². The molecule has 84 valence electrons. The number of hydrogen-bond acceptors (Lipinski definition) is 3. The maximum absolute atomic E-state index is 4.72. The maximum Gasteiger partial charge on any atom is 0.110 e. The molecule has 0 fully saturated rings. The zero-order valence-electron chi connectivity index (χ0n) is 9.84. The predicted molar refractivity (Wildman–Crippen MR) is 65.4 cm³/mol. The largest absolute Gasteiger partial charge is 0.308 e. The summed E-state index contributed by atoms with van der Waals surface area (Å²) in [5, 5.41) is 4.81. The van der Waals surface area contributed by atoms with Gasteiger partial charge in [-0.1, -0.05) is 13.8 Å². The van der Waals surface area contributed by atoms with E-state index in [1.165, 1.54) is 34.8 Å². The lowest BCUT2D eigenvalue weighted by Gasteiger charge is -2.12. The second-order valence-electron chi connectivity index (χ2n) is 4.80. The van der Waals surface area contributed by atoms with E-state index in [-0.39, 0.29) is 0 Å². The topological polar surface area (TPSA) is 24.9 Å². The van der Waals surface area contributed by atoms with Gasteiger partial charge in [-0.2, -0.15) is 0 Å². The minimum absolute atomic E-state index is 0.419. The lowest BCUT2D eigenvalue weighted by Crippen LogP contribution is -2.23. The molecule has 1 unspecified atom stereocenters. The molecule has 1 aromatic heterocycles. The molecule has 0 aliphatic heterocycles. The van der Waals surface area contributed by atoms with Gasteiger partial charge in [0.2, 0.25) is 0 Å². The Morgan fingerprint density at radius 3 is 2.80 bits per heavy atom. The number of aromatic nitrogens is 1. The van der Waals surface area contributed by atoms with Crippen molar-refractivity contribution in [3.63, 3.8) is 0 Å². The Labute approximate surface area is 96.1 Å². The molecule has 1 heterocycles. The summed E-state index contributed by atoms with van der Waals surface area (Å²) in [6.45, 7) is 7.77. The van der Waals surface area contributed by atoms with E-state index < -0.39 is 0 Å². The molecule has 0 radical (unpaired) electrons. The Bertz CT molecular complexity index is 309. The summed E-state index contributed by atoms with van der Waals surface area (Å²) in [6, 6.07) is 0.419. The summed E-state index contributed by atoms with van der Waals surface area (Å²) in [5.74, 6) is 0.708. The van der Waals surface area contributed by atoms with Gasteiger partial charge in [0.25, 0.3) is 0 Å². The lowest BCUT2D eigenvalue weighted by atomic mass is 10.2. The minimum atomic E-state index is 0.419. The predicted octanol–water partition coefficient (Wildman–Crippen LogP) is 2.94. The highest BCUT2D eigenvalue weighted by atomic mass is 32.1. The SMILES string of the molecule is CC(C)CNC(C)c1nc2c(s1)CCC2. The molecule has 2 nitrogen and oxygen atoms in total. The molecule has 1 aromatic rings. The Balaban J connectivity index is 1.97. The van der Waals surface area contributed by atoms with E-state index in [0.717, 1.165) is 6.54 Å². The molecule has 0 spiro atoms. The van der Waals surface area contributed by atoms with Crippen molar-refractivity contribution in [1.29, 1.82) is 0 Å². The Hall–Kier alpha value is -0.410. The van der Waals surface area contributed by atoms with E-state index in [9.17, 15) is 0 Å².